The van der Waals surface area contributed by atoms with Gasteiger partial charge in [-0.3, -0.25) is 4.79 Å². The number of aromatic nitrogens is 2. The molecule has 1 amide bonds. The van der Waals surface area contributed by atoms with Gasteiger partial charge >= 0.3 is 0 Å². The lowest BCUT2D eigenvalue weighted by Gasteiger charge is -2.23. The molecule has 0 spiro atoms. The van der Waals surface area contributed by atoms with Crippen LogP contribution in [0.25, 0.3) is 0 Å². The van der Waals surface area contributed by atoms with Crippen molar-refractivity contribution < 1.29 is 4.79 Å². The highest BCUT2D eigenvalue weighted by Gasteiger charge is 2.26. The summed E-state index contributed by atoms with van der Waals surface area (Å²) < 4.78 is 0. The topological polar surface area (TPSA) is 92.9 Å². The number of nitrogen functional groups attached to an aromatic ring is 1. The third-order valence-electron chi connectivity index (χ3n) is 2.63. The fourth-order valence-electron chi connectivity index (χ4n) is 1.61. The molecule has 0 saturated carbocycles. The van der Waals surface area contributed by atoms with E-state index in [9.17, 15) is 4.79 Å². The van der Waals surface area contributed by atoms with Gasteiger partial charge in [0.1, 0.15) is 5.01 Å². The molecule has 0 saturated heterocycles. The maximum Gasteiger partial charge on any atom is 0.253 e. The molecule has 2 heterocycles. The van der Waals surface area contributed by atoms with Crippen LogP contribution < -0.4 is 16.6 Å². The van der Waals surface area contributed by atoms with Crippen LogP contribution in [0.5, 0.6) is 0 Å². The lowest BCUT2D eigenvalue weighted by molar-refractivity contribution is 0.0911. The number of nitrogens with two attached hydrogens (primary N) is 1. The van der Waals surface area contributed by atoms with E-state index in [0.717, 1.165) is 5.01 Å². The average Bonchev–Trinajstić information content (AvgIpc) is 2.92. The molecule has 2 rings (SSSR count). The van der Waals surface area contributed by atoms with Gasteiger partial charge in [0.25, 0.3) is 5.91 Å². The molecule has 0 atom stereocenters. The molecule has 106 valence electrons. The zero-order valence-electron chi connectivity index (χ0n) is 11.0. The van der Waals surface area contributed by atoms with Crippen molar-refractivity contribution in [3.05, 3.63) is 39.4 Å². The molecule has 0 aliphatic rings. The molecule has 2 aromatic rings. The van der Waals surface area contributed by atoms with Gasteiger partial charge in [0.15, 0.2) is 5.82 Å². The number of carbonyl (C=O) groups is 1. The predicted molar refractivity (Wildman–Crippen MR) is 79.7 cm³/mol. The summed E-state index contributed by atoms with van der Waals surface area (Å²) in [5, 5.41) is 5.87. The predicted octanol–water partition coefficient (Wildman–Crippen LogP) is 2.14. The zero-order chi connectivity index (χ0) is 14.8. The highest BCUT2D eigenvalue weighted by atomic mass is 35.5. The Morgan fingerprint density at radius 2 is 2.20 bits per heavy atom. The van der Waals surface area contributed by atoms with Gasteiger partial charge in [-0.2, -0.15) is 0 Å². The molecular weight excluding hydrogens is 298 g/mol. The third-order valence-corrected chi connectivity index (χ3v) is 4.02. The minimum Gasteiger partial charge on any atom is -0.341 e. The van der Waals surface area contributed by atoms with E-state index < -0.39 is 5.54 Å². The number of hydrogen-bond donors (Lipinski definition) is 3. The van der Waals surface area contributed by atoms with E-state index in [0.29, 0.717) is 11.4 Å². The van der Waals surface area contributed by atoms with Gasteiger partial charge in [0, 0.05) is 17.8 Å². The largest absolute Gasteiger partial charge is 0.341 e. The molecule has 0 unspecified atom stereocenters. The lowest BCUT2D eigenvalue weighted by Crippen LogP contribution is -2.41. The minimum absolute atomic E-state index is 0.275. The Kier molecular flexibility index (Phi) is 4.22. The van der Waals surface area contributed by atoms with Gasteiger partial charge in [-0.1, -0.05) is 11.6 Å². The molecule has 6 nitrogen and oxygen atoms in total. The van der Waals surface area contributed by atoms with Crippen LogP contribution in [-0.2, 0) is 5.54 Å². The second-order valence-corrected chi connectivity index (χ2v) is 5.92. The quantitative estimate of drug-likeness (QED) is 0.594. The van der Waals surface area contributed by atoms with Crippen LogP contribution in [0.15, 0.2) is 23.8 Å². The molecule has 0 radical (unpaired) electrons. The summed E-state index contributed by atoms with van der Waals surface area (Å²) in [7, 11) is 0. The minimum atomic E-state index is -0.567. The second kappa shape index (κ2) is 5.74. The van der Waals surface area contributed by atoms with Crippen LogP contribution >= 0.6 is 22.9 Å². The number of nitrogens with one attached hydrogen (secondary N) is 2. The number of thiazole rings is 1. The number of anilines is 1. The first-order valence-corrected chi connectivity index (χ1v) is 7.04. The Bertz CT molecular complexity index is 614. The molecule has 0 aliphatic heterocycles. The molecular formula is C12H14ClN5OS. The molecule has 0 fully saturated rings. The standard InChI is InChI=1S/C12H14ClN5OS/c1-12(2,11-15-3-4-20-11)17-10(19)7-5-8(13)9(18-14)16-6-7/h3-6H,14H2,1-2H3,(H,16,18)(H,17,19). The van der Waals surface area contributed by atoms with E-state index in [4.69, 9.17) is 17.4 Å². The molecule has 0 aromatic carbocycles. The maximum absolute atomic E-state index is 12.2. The third kappa shape index (κ3) is 3.06. The molecule has 4 N–H and O–H groups in total. The number of nitrogens with zero attached hydrogens (tertiary/aromatic N) is 2. The highest BCUT2D eigenvalue weighted by molar-refractivity contribution is 7.09. The molecule has 8 heteroatoms. The number of hydrogen-bond acceptors (Lipinski definition) is 6. The summed E-state index contributed by atoms with van der Waals surface area (Å²) in [6.07, 6.45) is 3.11. The SMILES string of the molecule is CC(C)(NC(=O)c1cnc(NN)c(Cl)c1)c1nccs1. The maximum atomic E-state index is 12.2. The number of pyridine rings is 1. The van der Waals surface area contributed by atoms with Crippen molar-refractivity contribution in [2.45, 2.75) is 19.4 Å². The van der Waals surface area contributed by atoms with Crippen LogP contribution in [0.2, 0.25) is 5.02 Å². The van der Waals surface area contributed by atoms with Crippen molar-refractivity contribution in [2.24, 2.45) is 5.84 Å². The summed E-state index contributed by atoms with van der Waals surface area (Å²) in [5.74, 6) is 5.29. The van der Waals surface area contributed by atoms with Crippen LogP contribution in [0.3, 0.4) is 0 Å². The van der Waals surface area contributed by atoms with E-state index in [2.05, 4.69) is 20.7 Å². The molecule has 0 bridgehead atoms. The monoisotopic (exact) mass is 311 g/mol. The first-order valence-electron chi connectivity index (χ1n) is 5.78. The van der Waals surface area contributed by atoms with Crippen molar-refractivity contribution in [1.82, 2.24) is 15.3 Å². The Morgan fingerprint density at radius 1 is 1.45 bits per heavy atom. The van der Waals surface area contributed by atoms with Gasteiger partial charge in [0.2, 0.25) is 0 Å². The number of carbonyl (C=O) groups excluding carboxylic acids is 1. The summed E-state index contributed by atoms with van der Waals surface area (Å²) in [5.41, 5.74) is 2.14. The number of hydrazine groups is 1. The van der Waals surface area contributed by atoms with E-state index in [1.54, 1.807) is 6.20 Å². The second-order valence-electron chi connectivity index (χ2n) is 4.62. The van der Waals surface area contributed by atoms with Crippen molar-refractivity contribution in [3.8, 4) is 0 Å². The van der Waals surface area contributed by atoms with Crippen molar-refractivity contribution in [2.75, 3.05) is 5.43 Å². The van der Waals surface area contributed by atoms with E-state index >= 15 is 0 Å². The average molecular weight is 312 g/mol. The first-order chi connectivity index (χ1) is 9.44. The summed E-state index contributed by atoms with van der Waals surface area (Å²) in [6.45, 7) is 3.77. The molecule has 2 aromatic heterocycles. The van der Waals surface area contributed by atoms with Crippen LogP contribution in [0, 0.1) is 0 Å². The Balaban J connectivity index is 2.18. The van der Waals surface area contributed by atoms with Crippen LogP contribution in [0.1, 0.15) is 29.2 Å². The summed E-state index contributed by atoms with van der Waals surface area (Å²) >= 11 is 7.43. The van der Waals surface area contributed by atoms with Crippen molar-refractivity contribution >= 4 is 34.7 Å². The van der Waals surface area contributed by atoms with Gasteiger partial charge in [-0.05, 0) is 19.9 Å². The van der Waals surface area contributed by atoms with Gasteiger partial charge in [0.05, 0.1) is 16.1 Å². The summed E-state index contributed by atoms with van der Waals surface area (Å²) in [6, 6.07) is 1.51. The fourth-order valence-corrected chi connectivity index (χ4v) is 2.55. The highest BCUT2D eigenvalue weighted by Crippen LogP contribution is 2.23. The lowest BCUT2D eigenvalue weighted by atomic mass is 10.1. The van der Waals surface area contributed by atoms with Gasteiger partial charge in [-0.15, -0.1) is 11.3 Å². The van der Waals surface area contributed by atoms with Crippen molar-refractivity contribution in [3.63, 3.8) is 0 Å². The van der Waals surface area contributed by atoms with Crippen LogP contribution in [-0.4, -0.2) is 15.9 Å². The summed E-state index contributed by atoms with van der Waals surface area (Å²) in [4.78, 5) is 20.4. The van der Waals surface area contributed by atoms with Crippen LogP contribution in [0.4, 0.5) is 5.82 Å². The number of amides is 1. The number of halogens is 1. The van der Waals surface area contributed by atoms with E-state index in [1.165, 1.54) is 23.6 Å². The van der Waals surface area contributed by atoms with E-state index in [-0.39, 0.29) is 10.9 Å². The Hall–Kier alpha value is -1.70. The molecule has 0 aliphatic carbocycles. The van der Waals surface area contributed by atoms with Gasteiger partial charge < -0.3 is 10.7 Å². The Morgan fingerprint density at radius 3 is 2.75 bits per heavy atom. The zero-order valence-corrected chi connectivity index (χ0v) is 12.5. The number of rotatable bonds is 4. The fraction of sp³-hybridized carbons (Fsp3) is 0.250. The van der Waals surface area contributed by atoms with E-state index in [1.807, 2.05) is 19.2 Å². The Labute approximate surface area is 125 Å². The molecule has 20 heavy (non-hydrogen) atoms. The van der Waals surface area contributed by atoms with Gasteiger partial charge in [-0.25, -0.2) is 15.8 Å². The smallest absolute Gasteiger partial charge is 0.253 e. The first kappa shape index (κ1) is 14.7. The normalized spacial score (nSPS) is 11.2. The van der Waals surface area contributed by atoms with Crippen molar-refractivity contribution in [1.29, 1.82) is 0 Å².